The van der Waals surface area contributed by atoms with Crippen LogP contribution in [-0.4, -0.2) is 89.3 Å². The van der Waals surface area contributed by atoms with Gasteiger partial charge in [-0.1, -0.05) is 0 Å². The van der Waals surface area contributed by atoms with Gasteiger partial charge in [-0.3, -0.25) is 14.1 Å². The van der Waals surface area contributed by atoms with Crippen molar-refractivity contribution in [3.05, 3.63) is 0 Å². The minimum Gasteiger partial charge on any atom is -0.481 e. The van der Waals surface area contributed by atoms with Gasteiger partial charge in [0.25, 0.3) is 10.1 Å². The van der Waals surface area contributed by atoms with E-state index in [9.17, 15) is 18.0 Å². The van der Waals surface area contributed by atoms with E-state index in [4.69, 9.17) is 14.8 Å². The molecule has 0 saturated carbocycles. The molecule has 1 atom stereocenters. The molecular formula is C6H11KO7S. The average molecular weight is 266 g/mol. The number of carboxylic acid groups (broad SMARTS) is 2. The minimum absolute atomic E-state index is 1.10. The zero-order valence-corrected chi connectivity index (χ0v) is 12.3. The molecule has 0 heterocycles. The topological polar surface area (TPSA) is 129 Å². The Labute approximate surface area is 121 Å². The van der Waals surface area contributed by atoms with Crippen LogP contribution in [0.15, 0.2) is 0 Å². The fourth-order valence-electron chi connectivity index (χ4n) is 0.479. The van der Waals surface area contributed by atoms with Gasteiger partial charge in [0.1, 0.15) is 0 Å². The number of rotatable bonds is 4. The first-order valence-corrected chi connectivity index (χ1v) is 7.78. The monoisotopic (exact) mass is 266 g/mol. The number of hydrogen-bond donors (Lipinski definition) is 3. The molecule has 0 aromatic rings. The molecule has 0 fully saturated rings. The quantitative estimate of drug-likeness (QED) is 0.457. The molecule has 0 saturated heterocycles. The van der Waals surface area contributed by atoms with Crippen LogP contribution in [-0.2, 0) is 19.7 Å². The van der Waals surface area contributed by atoms with E-state index < -0.39 is 33.7 Å². The van der Waals surface area contributed by atoms with Crippen LogP contribution in [0.3, 0.4) is 0 Å². The summed E-state index contributed by atoms with van der Waals surface area (Å²) in [5.74, 6) is -3.50. The Hall–Kier alpha value is 0.486. The molecule has 1 unspecified atom stereocenters. The molecule has 0 radical (unpaired) electrons. The van der Waals surface area contributed by atoms with E-state index in [0.29, 0.717) is 0 Å². The summed E-state index contributed by atoms with van der Waals surface area (Å²) in [4.78, 5) is 20.0. The van der Waals surface area contributed by atoms with Crippen LogP contribution >= 0.6 is 0 Å². The van der Waals surface area contributed by atoms with E-state index in [2.05, 4.69) is 6.92 Å². The van der Waals surface area contributed by atoms with Crippen molar-refractivity contribution in [2.45, 2.75) is 19.1 Å². The smallest absolute Gasteiger partial charge is 0.325 e. The van der Waals surface area contributed by atoms with Gasteiger partial charge in [0.2, 0.25) is 0 Å². The third kappa shape index (κ3) is 10.8. The second-order valence-corrected chi connectivity index (χ2v) is 6.45. The van der Waals surface area contributed by atoms with Crippen molar-refractivity contribution in [3.63, 3.8) is 0 Å². The van der Waals surface area contributed by atoms with Gasteiger partial charge >= 0.3 is 68.3 Å². The summed E-state index contributed by atoms with van der Waals surface area (Å²) in [5.41, 5.74) is 0. The van der Waals surface area contributed by atoms with Gasteiger partial charge in [0, 0.05) is 0 Å². The zero-order chi connectivity index (χ0) is 12.6. The van der Waals surface area contributed by atoms with Crippen LogP contribution < -0.4 is 0 Å². The summed E-state index contributed by atoms with van der Waals surface area (Å²) in [7, 11) is -4.84. The van der Waals surface area contributed by atoms with Crippen molar-refractivity contribution >= 4 is 71.0 Å². The summed E-state index contributed by atoms with van der Waals surface area (Å²) in [5, 5.41) is 13.9. The number of carboxylic acids is 2. The molecule has 15 heavy (non-hydrogen) atoms. The van der Waals surface area contributed by atoms with Crippen LogP contribution in [0.25, 0.3) is 0 Å². The molecule has 0 aliphatic heterocycles. The Morgan fingerprint density at radius 3 is 1.73 bits per heavy atom. The first-order chi connectivity index (χ1) is 6.66. The van der Waals surface area contributed by atoms with Crippen molar-refractivity contribution in [2.24, 2.45) is 0 Å². The molecule has 0 rings (SSSR count). The van der Waals surface area contributed by atoms with E-state index in [1.165, 1.54) is 0.515 Å². The third-order valence-corrected chi connectivity index (χ3v) is 2.08. The summed E-state index contributed by atoms with van der Waals surface area (Å²) in [6.45, 7) is 2.21. The predicted octanol–water partition coefficient (Wildman–Crippen LogP) is -0.605. The van der Waals surface area contributed by atoms with Crippen LogP contribution in [0.1, 0.15) is 13.3 Å². The molecule has 0 bridgehead atoms. The van der Waals surface area contributed by atoms with Gasteiger partial charge < -0.3 is 10.2 Å². The predicted molar refractivity (Wildman–Crippen MR) is 51.5 cm³/mol. The summed E-state index contributed by atoms with van der Waals surface area (Å²) >= 11 is 1.10. The van der Waals surface area contributed by atoms with Crippen molar-refractivity contribution in [1.29, 1.82) is 0 Å². The van der Waals surface area contributed by atoms with Crippen molar-refractivity contribution in [1.82, 2.24) is 0 Å². The molecule has 9 heteroatoms. The maximum absolute atomic E-state index is 10.2. The van der Waals surface area contributed by atoms with Crippen LogP contribution in [0.4, 0.5) is 0 Å². The Balaban J connectivity index is 0. The van der Waals surface area contributed by atoms with Crippen molar-refractivity contribution < 1.29 is 32.8 Å². The molecule has 7 nitrogen and oxygen atoms in total. The molecule has 0 spiro atoms. The maximum atomic E-state index is 10.2. The average Bonchev–Trinajstić information content (AvgIpc) is 1.98. The molecular weight excluding hydrogens is 255 g/mol. The number of aliphatic carboxylic acids is 2. The van der Waals surface area contributed by atoms with Crippen molar-refractivity contribution in [2.75, 3.05) is 0 Å². The van der Waals surface area contributed by atoms with Gasteiger partial charge in [-0.05, 0) is 0 Å². The summed E-state index contributed by atoms with van der Waals surface area (Å²) < 4.78 is 30.1. The molecule has 84 valence electrons. The Morgan fingerprint density at radius 1 is 1.33 bits per heavy atom. The van der Waals surface area contributed by atoms with E-state index >= 15 is 0 Å². The van der Waals surface area contributed by atoms with Gasteiger partial charge in [-0.25, -0.2) is 0 Å². The summed E-state index contributed by atoms with van der Waals surface area (Å²) in [6.07, 6.45) is -1.16. The van der Waals surface area contributed by atoms with Gasteiger partial charge in [-0.2, -0.15) is 8.42 Å². The number of hydrogen-bond acceptors (Lipinski definition) is 4. The van der Waals surface area contributed by atoms with E-state index in [1.54, 1.807) is 0 Å². The SMILES string of the molecule is C[CH2][K].O=C(O)CC(C(=O)O)S(=O)(=O)O. The van der Waals surface area contributed by atoms with Crippen LogP contribution in [0, 0.1) is 0 Å². The van der Waals surface area contributed by atoms with E-state index in [1.807, 2.05) is 0 Å². The van der Waals surface area contributed by atoms with Gasteiger partial charge in [0.05, 0.1) is 6.42 Å². The van der Waals surface area contributed by atoms with E-state index in [0.717, 1.165) is 49.0 Å². The standard InChI is InChI=1S/C4H6O7S.C2H5.K/c5-3(6)1-2(4(7)8)12(9,10)11;1-2;/h2H,1H2,(H,5,6)(H,7,8)(H,9,10,11);1H2,2H3;. The first kappa shape index (κ1) is 17.9. The largest absolute Gasteiger partial charge is 0.481 e. The van der Waals surface area contributed by atoms with Crippen LogP contribution in [0.2, 0.25) is 0.515 Å². The molecule has 0 amide bonds. The Morgan fingerprint density at radius 2 is 1.67 bits per heavy atom. The second kappa shape index (κ2) is 8.62. The normalized spacial score (nSPS) is 12.3. The second-order valence-electron chi connectivity index (χ2n) is 2.65. The number of carbonyl (C=O) groups is 2. The molecule has 0 aromatic heterocycles. The molecule has 0 aliphatic carbocycles. The fraction of sp³-hybridized carbons (Fsp3) is 0.667. The fourth-order valence-corrected chi connectivity index (χ4v) is 1.09. The van der Waals surface area contributed by atoms with Crippen molar-refractivity contribution in [3.8, 4) is 0 Å². The zero-order valence-electron chi connectivity index (χ0n) is 8.37. The Kier molecular flexibility index (Phi) is 10.3. The molecule has 0 aromatic carbocycles. The maximum Gasteiger partial charge on any atom is 0.325 e. The molecule has 3 N–H and O–H groups in total. The van der Waals surface area contributed by atoms with Gasteiger partial charge in [-0.15, -0.1) is 0 Å². The molecule has 0 aliphatic rings. The minimum atomic E-state index is -4.84. The Bertz CT molecular complexity index is 309. The third-order valence-electron chi connectivity index (χ3n) is 0.995. The van der Waals surface area contributed by atoms with E-state index in [-0.39, 0.29) is 0 Å². The summed E-state index contributed by atoms with van der Waals surface area (Å²) in [6, 6.07) is 0. The van der Waals surface area contributed by atoms with Crippen LogP contribution in [0.5, 0.6) is 0 Å². The van der Waals surface area contributed by atoms with Gasteiger partial charge in [0.15, 0.2) is 5.25 Å². The first-order valence-electron chi connectivity index (χ1n) is 4.07.